The second-order valence-electron chi connectivity index (χ2n) is 4.75. The summed E-state index contributed by atoms with van der Waals surface area (Å²) in [7, 11) is 0. The Morgan fingerprint density at radius 3 is 2.95 bits per heavy atom. The van der Waals surface area contributed by atoms with Gasteiger partial charge in [-0.1, -0.05) is 11.6 Å². The fraction of sp³-hybridized carbons (Fsp3) is 0.286. The Hall–Kier alpha value is -1.46. The molecule has 2 aliphatic heterocycles. The SMILES string of the molecule is CC1=C(C(=O)Nc2ccc(Cl)cc2C)SC2=NCCN21. The van der Waals surface area contributed by atoms with Crippen LogP contribution in [0.15, 0.2) is 33.8 Å². The number of carbonyl (C=O) groups excluding carboxylic acids is 1. The minimum Gasteiger partial charge on any atom is -0.322 e. The summed E-state index contributed by atoms with van der Waals surface area (Å²) in [6.45, 7) is 5.56. The van der Waals surface area contributed by atoms with E-state index >= 15 is 0 Å². The van der Waals surface area contributed by atoms with Crippen molar-refractivity contribution in [1.29, 1.82) is 0 Å². The van der Waals surface area contributed by atoms with Gasteiger partial charge >= 0.3 is 0 Å². The number of anilines is 1. The van der Waals surface area contributed by atoms with Crippen LogP contribution in [-0.2, 0) is 4.79 Å². The number of fused-ring (bicyclic) bond motifs is 1. The Labute approximate surface area is 126 Å². The van der Waals surface area contributed by atoms with Crippen LogP contribution in [0.1, 0.15) is 12.5 Å². The van der Waals surface area contributed by atoms with Crippen molar-refractivity contribution in [1.82, 2.24) is 4.90 Å². The lowest BCUT2D eigenvalue weighted by molar-refractivity contribution is -0.112. The molecule has 0 bridgehead atoms. The largest absolute Gasteiger partial charge is 0.322 e. The summed E-state index contributed by atoms with van der Waals surface area (Å²) < 4.78 is 0. The van der Waals surface area contributed by atoms with E-state index in [1.807, 2.05) is 26.0 Å². The number of aryl methyl sites for hydroxylation is 1. The number of allylic oxidation sites excluding steroid dienone is 1. The molecule has 1 amide bonds. The topological polar surface area (TPSA) is 44.7 Å². The van der Waals surface area contributed by atoms with Crippen molar-refractivity contribution < 1.29 is 4.79 Å². The summed E-state index contributed by atoms with van der Waals surface area (Å²) >= 11 is 7.36. The van der Waals surface area contributed by atoms with Crippen LogP contribution < -0.4 is 5.32 Å². The molecule has 0 unspecified atom stereocenters. The maximum absolute atomic E-state index is 12.4. The quantitative estimate of drug-likeness (QED) is 0.912. The molecule has 0 saturated heterocycles. The number of thioether (sulfide) groups is 1. The van der Waals surface area contributed by atoms with Crippen molar-refractivity contribution in [2.24, 2.45) is 4.99 Å². The number of rotatable bonds is 2. The molecule has 0 aliphatic carbocycles. The van der Waals surface area contributed by atoms with Crippen molar-refractivity contribution >= 4 is 40.1 Å². The maximum Gasteiger partial charge on any atom is 0.264 e. The van der Waals surface area contributed by atoms with Crippen molar-refractivity contribution in [2.75, 3.05) is 18.4 Å². The summed E-state index contributed by atoms with van der Waals surface area (Å²) in [5.74, 6) is -0.0879. The molecule has 104 valence electrons. The van der Waals surface area contributed by atoms with Crippen LogP contribution in [0.4, 0.5) is 5.69 Å². The van der Waals surface area contributed by atoms with Gasteiger partial charge in [0, 0.05) is 23.0 Å². The average Bonchev–Trinajstić information content (AvgIpc) is 2.96. The van der Waals surface area contributed by atoms with Gasteiger partial charge in [0.25, 0.3) is 5.91 Å². The van der Waals surface area contributed by atoms with Crippen LogP contribution in [-0.4, -0.2) is 29.1 Å². The smallest absolute Gasteiger partial charge is 0.264 e. The number of carbonyl (C=O) groups is 1. The van der Waals surface area contributed by atoms with Crippen molar-refractivity contribution in [3.63, 3.8) is 0 Å². The molecule has 2 heterocycles. The van der Waals surface area contributed by atoms with E-state index in [9.17, 15) is 4.79 Å². The highest BCUT2D eigenvalue weighted by Crippen LogP contribution is 2.36. The fourth-order valence-corrected chi connectivity index (χ4v) is 3.58. The van der Waals surface area contributed by atoms with Gasteiger partial charge in [-0.2, -0.15) is 0 Å². The van der Waals surface area contributed by atoms with Gasteiger partial charge in [0.15, 0.2) is 5.17 Å². The molecule has 3 rings (SSSR count). The highest BCUT2D eigenvalue weighted by molar-refractivity contribution is 8.18. The number of benzene rings is 1. The third-order valence-corrected chi connectivity index (χ3v) is 4.82. The molecule has 1 aromatic carbocycles. The Kier molecular flexibility index (Phi) is 3.48. The van der Waals surface area contributed by atoms with E-state index in [4.69, 9.17) is 11.6 Å². The van der Waals surface area contributed by atoms with Gasteiger partial charge in [-0.05, 0) is 49.4 Å². The lowest BCUT2D eigenvalue weighted by Crippen LogP contribution is -2.20. The number of hydrogen-bond acceptors (Lipinski definition) is 4. The Balaban J connectivity index is 1.80. The maximum atomic E-state index is 12.4. The summed E-state index contributed by atoms with van der Waals surface area (Å²) in [4.78, 5) is 19.6. The zero-order valence-corrected chi connectivity index (χ0v) is 12.8. The lowest BCUT2D eigenvalue weighted by atomic mass is 10.2. The monoisotopic (exact) mass is 307 g/mol. The third kappa shape index (κ3) is 2.31. The van der Waals surface area contributed by atoms with Crippen molar-refractivity contribution in [3.05, 3.63) is 39.4 Å². The van der Waals surface area contributed by atoms with Crippen molar-refractivity contribution in [3.8, 4) is 0 Å². The first-order chi connectivity index (χ1) is 9.56. The van der Waals surface area contributed by atoms with Gasteiger partial charge in [-0.15, -0.1) is 0 Å². The molecular weight excluding hydrogens is 294 g/mol. The van der Waals surface area contributed by atoms with E-state index in [2.05, 4.69) is 15.2 Å². The number of amides is 1. The normalized spacial score (nSPS) is 17.4. The summed E-state index contributed by atoms with van der Waals surface area (Å²) in [6, 6.07) is 5.43. The van der Waals surface area contributed by atoms with E-state index < -0.39 is 0 Å². The molecular formula is C14H14ClN3OS. The van der Waals surface area contributed by atoms with E-state index in [-0.39, 0.29) is 5.91 Å². The molecule has 6 heteroatoms. The van der Waals surface area contributed by atoms with E-state index in [0.717, 1.165) is 40.1 Å². The van der Waals surface area contributed by atoms with E-state index in [0.29, 0.717) is 5.02 Å². The van der Waals surface area contributed by atoms with Crippen LogP contribution in [0, 0.1) is 6.92 Å². The number of hydrogen-bond donors (Lipinski definition) is 1. The van der Waals surface area contributed by atoms with Crippen molar-refractivity contribution in [2.45, 2.75) is 13.8 Å². The minimum atomic E-state index is -0.0879. The van der Waals surface area contributed by atoms with Gasteiger partial charge in [-0.3, -0.25) is 9.79 Å². The predicted molar refractivity (Wildman–Crippen MR) is 84.1 cm³/mol. The fourth-order valence-electron chi connectivity index (χ4n) is 2.27. The molecule has 0 spiro atoms. The molecule has 0 aromatic heterocycles. The second kappa shape index (κ2) is 5.14. The summed E-state index contributed by atoms with van der Waals surface area (Å²) in [6.07, 6.45) is 0. The zero-order valence-electron chi connectivity index (χ0n) is 11.2. The van der Waals surface area contributed by atoms with Gasteiger partial charge in [0.05, 0.1) is 11.4 Å². The van der Waals surface area contributed by atoms with Crippen LogP contribution in [0.2, 0.25) is 5.02 Å². The first-order valence-electron chi connectivity index (χ1n) is 6.34. The molecule has 4 nitrogen and oxygen atoms in total. The molecule has 0 saturated carbocycles. The standard InChI is InChI=1S/C14H14ClN3OS/c1-8-7-10(15)3-4-11(8)17-13(19)12-9(2)18-6-5-16-14(18)20-12/h3-4,7H,5-6H2,1-2H3,(H,17,19). The van der Waals surface area contributed by atoms with Crippen LogP contribution >= 0.6 is 23.4 Å². The molecule has 0 radical (unpaired) electrons. The molecule has 0 atom stereocenters. The summed E-state index contributed by atoms with van der Waals surface area (Å²) in [5, 5.41) is 4.54. The highest BCUT2D eigenvalue weighted by Gasteiger charge is 2.33. The molecule has 20 heavy (non-hydrogen) atoms. The first-order valence-corrected chi connectivity index (χ1v) is 7.54. The minimum absolute atomic E-state index is 0.0879. The van der Waals surface area contributed by atoms with Crippen LogP contribution in [0.3, 0.4) is 0 Å². The van der Waals surface area contributed by atoms with Gasteiger partial charge < -0.3 is 10.2 Å². The Bertz CT molecular complexity index is 654. The number of nitrogens with zero attached hydrogens (tertiary/aromatic N) is 2. The predicted octanol–water partition coefficient (Wildman–Crippen LogP) is 3.24. The highest BCUT2D eigenvalue weighted by atomic mass is 35.5. The zero-order chi connectivity index (χ0) is 14.3. The van der Waals surface area contributed by atoms with Gasteiger partial charge in [0.2, 0.25) is 0 Å². The molecule has 0 fully saturated rings. The average molecular weight is 308 g/mol. The third-order valence-electron chi connectivity index (χ3n) is 3.37. The first kappa shape index (κ1) is 13.5. The van der Waals surface area contributed by atoms with Crippen LogP contribution in [0.5, 0.6) is 0 Å². The van der Waals surface area contributed by atoms with E-state index in [1.54, 1.807) is 6.07 Å². The molecule has 2 aliphatic rings. The van der Waals surface area contributed by atoms with Gasteiger partial charge in [0.1, 0.15) is 0 Å². The van der Waals surface area contributed by atoms with Gasteiger partial charge in [-0.25, -0.2) is 0 Å². The number of aliphatic imine (C=N–C) groups is 1. The number of nitrogens with one attached hydrogen (secondary N) is 1. The Morgan fingerprint density at radius 2 is 2.25 bits per heavy atom. The van der Waals surface area contributed by atoms with Crippen LogP contribution in [0.25, 0.3) is 0 Å². The second-order valence-corrected chi connectivity index (χ2v) is 6.16. The molecule has 1 aromatic rings. The number of amidine groups is 1. The van der Waals surface area contributed by atoms with E-state index in [1.165, 1.54) is 11.8 Å². The Morgan fingerprint density at radius 1 is 1.45 bits per heavy atom. The molecule has 1 N–H and O–H groups in total. The number of halogens is 1. The lowest BCUT2D eigenvalue weighted by Gasteiger charge is -2.12. The summed E-state index contributed by atoms with van der Waals surface area (Å²) in [5.41, 5.74) is 2.72.